The maximum atomic E-state index is 5.89. The highest BCUT2D eigenvalue weighted by Gasteiger charge is 2.49. The van der Waals surface area contributed by atoms with Crippen molar-refractivity contribution in [3.8, 4) is 12.3 Å². The Labute approximate surface area is 116 Å². The highest BCUT2D eigenvalue weighted by atomic mass is 16.7. The predicted molar refractivity (Wildman–Crippen MR) is 79.5 cm³/mol. The van der Waals surface area contributed by atoms with Gasteiger partial charge < -0.3 is 9.31 Å². The van der Waals surface area contributed by atoms with Gasteiger partial charge in [0.1, 0.15) is 0 Å². The minimum absolute atomic E-state index is 0.296. The van der Waals surface area contributed by atoms with Crippen LogP contribution in [0, 0.1) is 12.3 Å². The largest absolute Gasteiger partial charge is 0.487 e. The molecule has 0 aromatic heterocycles. The van der Waals surface area contributed by atoms with Crippen LogP contribution in [0.2, 0.25) is 0 Å². The number of hydrogen-bond acceptors (Lipinski definition) is 2. The molecule has 0 aliphatic carbocycles. The highest BCUT2D eigenvalue weighted by molar-refractivity contribution is 6.52. The van der Waals surface area contributed by atoms with Gasteiger partial charge in [-0.05, 0) is 45.4 Å². The van der Waals surface area contributed by atoms with Gasteiger partial charge in [-0.15, -0.1) is 6.42 Å². The smallest absolute Gasteiger partial charge is 0.400 e. The Bertz CT molecular complexity index is 505. The lowest BCUT2D eigenvalue weighted by molar-refractivity contribution is 0.00578. The van der Waals surface area contributed by atoms with Gasteiger partial charge in [0.15, 0.2) is 0 Å². The molecule has 0 unspecified atom stereocenters. The van der Waals surface area contributed by atoms with Gasteiger partial charge in [-0.2, -0.15) is 0 Å². The maximum absolute atomic E-state index is 5.89. The maximum Gasteiger partial charge on any atom is 0.487 e. The number of terminal acetylenes is 1. The summed E-state index contributed by atoms with van der Waals surface area (Å²) in [6.45, 7) is 8.18. The number of hydrogen-bond donors (Lipinski definition) is 0. The Kier molecular flexibility index (Phi) is 3.58. The van der Waals surface area contributed by atoms with Crippen molar-refractivity contribution in [2.75, 3.05) is 0 Å². The van der Waals surface area contributed by atoms with Crippen LogP contribution >= 0.6 is 0 Å². The molecule has 1 fully saturated rings. The van der Waals surface area contributed by atoms with E-state index < -0.39 is 0 Å². The van der Waals surface area contributed by atoms with Crippen LogP contribution in [0.3, 0.4) is 0 Å². The molecular formula is C16H19BO2. The van der Waals surface area contributed by atoms with Gasteiger partial charge in [-0.3, -0.25) is 0 Å². The normalized spacial score (nSPS) is 20.7. The molecule has 0 N–H and O–H groups in total. The molecule has 2 rings (SSSR count). The Morgan fingerprint density at radius 2 is 1.58 bits per heavy atom. The van der Waals surface area contributed by atoms with E-state index in [1.165, 1.54) is 0 Å². The Hall–Kier alpha value is -1.50. The molecule has 19 heavy (non-hydrogen) atoms. The molecule has 1 aromatic rings. The third-order valence-corrected chi connectivity index (χ3v) is 3.79. The summed E-state index contributed by atoms with van der Waals surface area (Å²) in [7, 11) is -0.308. The fourth-order valence-corrected chi connectivity index (χ4v) is 1.85. The summed E-state index contributed by atoms with van der Waals surface area (Å²) in [5.41, 5.74) is 1.37. The fraction of sp³-hybridized carbons (Fsp3) is 0.375. The van der Waals surface area contributed by atoms with Gasteiger partial charge in [-0.25, -0.2) is 0 Å². The quantitative estimate of drug-likeness (QED) is 0.595. The van der Waals surface area contributed by atoms with E-state index in [0.717, 1.165) is 11.1 Å². The molecule has 1 saturated heterocycles. The lowest BCUT2D eigenvalue weighted by Crippen LogP contribution is -2.41. The summed E-state index contributed by atoms with van der Waals surface area (Å²) < 4.78 is 11.8. The average Bonchev–Trinajstić information content (AvgIpc) is 2.56. The zero-order valence-corrected chi connectivity index (χ0v) is 11.9. The molecular weight excluding hydrogens is 235 g/mol. The van der Waals surface area contributed by atoms with Crippen molar-refractivity contribution in [1.82, 2.24) is 0 Å². The van der Waals surface area contributed by atoms with E-state index in [1.54, 1.807) is 0 Å². The topological polar surface area (TPSA) is 18.5 Å². The van der Waals surface area contributed by atoms with Crippen molar-refractivity contribution >= 4 is 13.2 Å². The zero-order chi connectivity index (χ0) is 14.1. The van der Waals surface area contributed by atoms with Crippen molar-refractivity contribution in [2.24, 2.45) is 0 Å². The molecule has 3 heteroatoms. The van der Waals surface area contributed by atoms with E-state index in [9.17, 15) is 0 Å². The Morgan fingerprint density at radius 1 is 1.05 bits per heavy atom. The van der Waals surface area contributed by atoms with Crippen LogP contribution in [0.4, 0.5) is 0 Å². The first-order valence-corrected chi connectivity index (χ1v) is 6.45. The fourth-order valence-electron chi connectivity index (χ4n) is 1.85. The standard InChI is InChI=1S/C16H19BO2/c1-6-13-7-9-14(10-8-13)11-12-17-18-15(2,3)16(4,5)19-17/h1,7-12H,2-5H3/b12-11+. The molecule has 1 aromatic carbocycles. The molecule has 1 heterocycles. The van der Waals surface area contributed by atoms with Crippen LogP contribution in [0.15, 0.2) is 30.2 Å². The molecule has 0 spiro atoms. The van der Waals surface area contributed by atoms with Crippen LogP contribution < -0.4 is 0 Å². The van der Waals surface area contributed by atoms with Gasteiger partial charge in [0.05, 0.1) is 11.2 Å². The molecule has 0 bridgehead atoms. The lowest BCUT2D eigenvalue weighted by Gasteiger charge is -2.32. The van der Waals surface area contributed by atoms with E-state index in [-0.39, 0.29) is 18.3 Å². The molecule has 1 aliphatic heterocycles. The summed E-state index contributed by atoms with van der Waals surface area (Å²) in [4.78, 5) is 0. The average molecular weight is 254 g/mol. The molecule has 0 saturated carbocycles. The molecule has 98 valence electrons. The first-order valence-electron chi connectivity index (χ1n) is 6.45. The Morgan fingerprint density at radius 3 is 2.05 bits per heavy atom. The van der Waals surface area contributed by atoms with E-state index in [0.29, 0.717) is 0 Å². The third-order valence-electron chi connectivity index (χ3n) is 3.79. The van der Waals surface area contributed by atoms with Gasteiger partial charge in [-0.1, -0.05) is 30.1 Å². The molecule has 1 aliphatic rings. The van der Waals surface area contributed by atoms with Crippen LogP contribution in [0.1, 0.15) is 38.8 Å². The van der Waals surface area contributed by atoms with E-state index >= 15 is 0 Å². The minimum Gasteiger partial charge on any atom is -0.400 e. The van der Waals surface area contributed by atoms with E-state index in [4.69, 9.17) is 15.7 Å². The summed E-state index contributed by atoms with van der Waals surface area (Å²) in [6.07, 6.45) is 7.31. The summed E-state index contributed by atoms with van der Waals surface area (Å²) in [6, 6.07) is 7.81. The van der Waals surface area contributed by atoms with E-state index in [2.05, 4.69) is 5.92 Å². The van der Waals surface area contributed by atoms with Crippen LogP contribution in [0.5, 0.6) is 0 Å². The second kappa shape index (κ2) is 4.88. The van der Waals surface area contributed by atoms with Crippen molar-refractivity contribution in [3.63, 3.8) is 0 Å². The zero-order valence-electron chi connectivity index (χ0n) is 11.9. The van der Waals surface area contributed by atoms with Crippen molar-refractivity contribution in [1.29, 1.82) is 0 Å². The summed E-state index contributed by atoms with van der Waals surface area (Å²) >= 11 is 0. The monoisotopic (exact) mass is 254 g/mol. The highest BCUT2D eigenvalue weighted by Crippen LogP contribution is 2.36. The van der Waals surface area contributed by atoms with Gasteiger partial charge >= 0.3 is 7.12 Å². The van der Waals surface area contributed by atoms with Gasteiger partial charge in [0, 0.05) is 5.56 Å². The van der Waals surface area contributed by atoms with E-state index in [1.807, 2.05) is 64.0 Å². The van der Waals surface area contributed by atoms with Crippen LogP contribution in [0.25, 0.3) is 6.08 Å². The van der Waals surface area contributed by atoms with Gasteiger partial charge in [0.25, 0.3) is 0 Å². The Balaban J connectivity index is 2.06. The molecule has 0 radical (unpaired) electrons. The van der Waals surface area contributed by atoms with Crippen molar-refractivity contribution in [2.45, 2.75) is 38.9 Å². The molecule has 0 amide bonds. The molecule has 0 atom stereocenters. The van der Waals surface area contributed by atoms with Gasteiger partial charge in [0.2, 0.25) is 0 Å². The first-order chi connectivity index (χ1) is 8.84. The minimum atomic E-state index is -0.308. The van der Waals surface area contributed by atoms with Crippen molar-refractivity contribution < 1.29 is 9.31 Å². The lowest BCUT2D eigenvalue weighted by atomic mass is 9.89. The molecule has 2 nitrogen and oxygen atoms in total. The predicted octanol–water partition coefficient (Wildman–Crippen LogP) is 3.31. The van der Waals surface area contributed by atoms with Crippen molar-refractivity contribution in [3.05, 3.63) is 41.4 Å². The summed E-state index contributed by atoms with van der Waals surface area (Å²) in [5.74, 6) is 4.53. The SMILES string of the molecule is C#Cc1ccc(/C=C/B2OC(C)(C)C(C)(C)O2)cc1. The number of rotatable bonds is 2. The van der Waals surface area contributed by atoms with Crippen LogP contribution in [-0.4, -0.2) is 18.3 Å². The first kappa shape index (κ1) is 13.9. The summed E-state index contributed by atoms with van der Waals surface area (Å²) in [5, 5.41) is 0. The second-order valence-corrected chi connectivity index (χ2v) is 5.75. The van der Waals surface area contributed by atoms with Crippen LogP contribution in [-0.2, 0) is 9.31 Å². The second-order valence-electron chi connectivity index (χ2n) is 5.75. The number of benzene rings is 1. The third kappa shape index (κ3) is 2.92.